The lowest BCUT2D eigenvalue weighted by atomic mass is 10.1. The van der Waals surface area contributed by atoms with Crippen LogP contribution in [0.5, 0.6) is 0 Å². The van der Waals surface area contributed by atoms with E-state index in [4.69, 9.17) is 0 Å². The molecule has 0 saturated heterocycles. The van der Waals surface area contributed by atoms with Crippen LogP contribution in [0.2, 0.25) is 0 Å². The molecular weight excluding hydrogens is 465 g/mol. The molecule has 1 aromatic heterocycles. The van der Waals surface area contributed by atoms with E-state index in [9.17, 15) is 9.59 Å². The summed E-state index contributed by atoms with van der Waals surface area (Å²) >= 11 is 2.24. The van der Waals surface area contributed by atoms with E-state index in [-0.39, 0.29) is 18.4 Å². The third-order valence-electron chi connectivity index (χ3n) is 4.53. The highest BCUT2D eigenvalue weighted by atomic mass is 127. The number of hydrogen-bond donors (Lipinski definition) is 1. The van der Waals surface area contributed by atoms with Gasteiger partial charge in [-0.05, 0) is 77.9 Å². The number of para-hydroxylation sites is 1. The summed E-state index contributed by atoms with van der Waals surface area (Å²) in [6.45, 7) is 3.88. The van der Waals surface area contributed by atoms with Crippen LogP contribution in [0.1, 0.15) is 21.6 Å². The molecule has 1 N–H and O–H groups in total. The van der Waals surface area contributed by atoms with E-state index in [1.807, 2.05) is 73.1 Å². The van der Waals surface area contributed by atoms with Gasteiger partial charge in [-0.3, -0.25) is 9.59 Å². The molecule has 0 atom stereocenters. The molecule has 5 nitrogen and oxygen atoms in total. The van der Waals surface area contributed by atoms with Crippen LogP contribution < -0.4 is 5.32 Å². The number of aromatic nitrogens is 1. The molecule has 3 aromatic rings. The summed E-state index contributed by atoms with van der Waals surface area (Å²) in [5, 5.41) is 2.92. The number of rotatable bonds is 5. The number of carbonyl (C=O) groups excluding carboxylic acids is 2. The van der Waals surface area contributed by atoms with Gasteiger partial charge in [0, 0.05) is 28.2 Å². The highest BCUT2D eigenvalue weighted by Crippen LogP contribution is 2.20. The lowest BCUT2D eigenvalue weighted by Crippen LogP contribution is -2.36. The third-order valence-corrected chi connectivity index (χ3v) is 5.20. The van der Waals surface area contributed by atoms with Crippen molar-refractivity contribution in [1.29, 1.82) is 0 Å². The minimum Gasteiger partial charge on any atom is -0.331 e. The first-order valence-corrected chi connectivity index (χ1v) is 9.99. The van der Waals surface area contributed by atoms with Crippen LogP contribution in [-0.4, -0.2) is 34.9 Å². The molecular formula is C22H22IN3O2. The van der Waals surface area contributed by atoms with Crippen molar-refractivity contribution in [2.24, 2.45) is 0 Å². The molecule has 0 aliphatic carbocycles. The predicted octanol–water partition coefficient (Wildman–Crippen LogP) is 4.41. The van der Waals surface area contributed by atoms with E-state index in [2.05, 4.69) is 27.9 Å². The summed E-state index contributed by atoms with van der Waals surface area (Å²) in [4.78, 5) is 26.9. The molecule has 2 aromatic carbocycles. The van der Waals surface area contributed by atoms with Crippen LogP contribution >= 0.6 is 22.6 Å². The van der Waals surface area contributed by atoms with Gasteiger partial charge in [0.15, 0.2) is 0 Å². The second-order valence-corrected chi connectivity index (χ2v) is 7.97. The van der Waals surface area contributed by atoms with E-state index in [0.29, 0.717) is 5.69 Å². The van der Waals surface area contributed by atoms with Crippen molar-refractivity contribution in [2.45, 2.75) is 13.8 Å². The molecule has 0 aliphatic rings. The summed E-state index contributed by atoms with van der Waals surface area (Å²) < 4.78 is 2.92. The second kappa shape index (κ2) is 8.60. The van der Waals surface area contributed by atoms with Crippen LogP contribution in [0, 0.1) is 17.4 Å². The Morgan fingerprint density at radius 1 is 1.04 bits per heavy atom. The quantitative estimate of drug-likeness (QED) is 0.543. The summed E-state index contributed by atoms with van der Waals surface area (Å²) in [6.07, 6.45) is 1.85. The molecule has 0 aliphatic heterocycles. The van der Waals surface area contributed by atoms with Crippen molar-refractivity contribution < 1.29 is 9.59 Å². The van der Waals surface area contributed by atoms with Gasteiger partial charge in [-0.2, -0.15) is 0 Å². The fraction of sp³-hybridized carbons (Fsp3) is 0.182. The summed E-state index contributed by atoms with van der Waals surface area (Å²) in [5.41, 5.74) is 4.22. The molecule has 1 heterocycles. The number of aryl methyl sites for hydroxylation is 2. The predicted molar refractivity (Wildman–Crippen MR) is 120 cm³/mol. The lowest BCUT2D eigenvalue weighted by molar-refractivity contribution is -0.116. The molecule has 0 radical (unpaired) electrons. The van der Waals surface area contributed by atoms with Crippen molar-refractivity contribution in [2.75, 3.05) is 18.9 Å². The number of hydrogen-bond acceptors (Lipinski definition) is 2. The fourth-order valence-electron chi connectivity index (χ4n) is 3.08. The van der Waals surface area contributed by atoms with Gasteiger partial charge in [0.2, 0.25) is 5.91 Å². The monoisotopic (exact) mass is 487 g/mol. The van der Waals surface area contributed by atoms with Gasteiger partial charge in [0.25, 0.3) is 5.91 Å². The smallest absolute Gasteiger partial charge is 0.271 e. The number of likely N-dealkylation sites (N-methyl/N-ethyl adjacent to an activating group) is 1. The number of amides is 2. The molecule has 0 bridgehead atoms. The molecule has 28 heavy (non-hydrogen) atoms. The normalized spacial score (nSPS) is 10.6. The molecule has 3 rings (SSSR count). The Hall–Kier alpha value is -2.61. The maximum Gasteiger partial charge on any atom is 0.271 e. The minimum atomic E-state index is -0.222. The van der Waals surface area contributed by atoms with E-state index in [1.165, 1.54) is 4.90 Å². The Labute approximate surface area is 178 Å². The highest BCUT2D eigenvalue weighted by Gasteiger charge is 2.19. The number of nitrogens with one attached hydrogen (secondary N) is 1. The number of carbonyl (C=O) groups is 2. The van der Waals surface area contributed by atoms with Crippen molar-refractivity contribution in [3.63, 3.8) is 0 Å². The van der Waals surface area contributed by atoms with Gasteiger partial charge in [0.05, 0.1) is 6.54 Å². The highest BCUT2D eigenvalue weighted by molar-refractivity contribution is 14.1. The molecule has 0 spiro atoms. The zero-order valence-electron chi connectivity index (χ0n) is 16.1. The maximum absolute atomic E-state index is 12.9. The molecule has 2 amide bonds. The largest absolute Gasteiger partial charge is 0.331 e. The first-order valence-electron chi connectivity index (χ1n) is 8.91. The molecule has 0 unspecified atom stereocenters. The topological polar surface area (TPSA) is 54.3 Å². The van der Waals surface area contributed by atoms with Crippen LogP contribution in [-0.2, 0) is 4.79 Å². The van der Waals surface area contributed by atoms with Crippen molar-refractivity contribution in [3.8, 4) is 5.69 Å². The van der Waals surface area contributed by atoms with Crippen LogP contribution in [0.15, 0.2) is 60.8 Å². The van der Waals surface area contributed by atoms with E-state index in [0.717, 1.165) is 26.1 Å². The molecule has 0 saturated carbocycles. The Balaban J connectivity index is 1.74. The molecule has 0 fully saturated rings. The van der Waals surface area contributed by atoms with Crippen LogP contribution in [0.25, 0.3) is 5.69 Å². The Morgan fingerprint density at radius 3 is 2.39 bits per heavy atom. The fourth-order valence-corrected chi connectivity index (χ4v) is 3.61. The first-order chi connectivity index (χ1) is 13.4. The molecule has 144 valence electrons. The molecule has 6 heteroatoms. The SMILES string of the molecule is Cc1cccc(C)c1NC(=O)CN(C)C(=O)c1cccn1-c1cccc(I)c1. The lowest BCUT2D eigenvalue weighted by Gasteiger charge is -2.19. The zero-order valence-corrected chi connectivity index (χ0v) is 18.2. The van der Waals surface area contributed by atoms with Gasteiger partial charge < -0.3 is 14.8 Å². The summed E-state index contributed by atoms with van der Waals surface area (Å²) in [5.74, 6) is -0.430. The summed E-state index contributed by atoms with van der Waals surface area (Å²) in [6, 6.07) is 17.4. The van der Waals surface area contributed by atoms with Gasteiger partial charge in [-0.15, -0.1) is 0 Å². The van der Waals surface area contributed by atoms with Gasteiger partial charge in [0.1, 0.15) is 5.69 Å². The van der Waals surface area contributed by atoms with Crippen molar-refractivity contribution in [3.05, 3.63) is 81.2 Å². The Kier molecular flexibility index (Phi) is 6.18. The van der Waals surface area contributed by atoms with E-state index < -0.39 is 0 Å². The standard InChI is InChI=1S/C22H22IN3O2/c1-15-7-4-8-16(2)21(15)24-20(27)14-25(3)22(28)19-11-6-12-26(19)18-10-5-9-17(23)13-18/h4-13H,14H2,1-3H3,(H,24,27). The number of anilines is 1. The summed E-state index contributed by atoms with van der Waals surface area (Å²) in [7, 11) is 1.64. The number of halogens is 1. The first kappa shape index (κ1) is 20.1. The van der Waals surface area contributed by atoms with Crippen LogP contribution in [0.3, 0.4) is 0 Å². The average molecular weight is 487 g/mol. The van der Waals surface area contributed by atoms with E-state index >= 15 is 0 Å². The van der Waals surface area contributed by atoms with Gasteiger partial charge in [-0.25, -0.2) is 0 Å². The second-order valence-electron chi connectivity index (χ2n) is 6.72. The van der Waals surface area contributed by atoms with Gasteiger partial charge in [-0.1, -0.05) is 24.3 Å². The van der Waals surface area contributed by atoms with Crippen LogP contribution in [0.4, 0.5) is 5.69 Å². The number of benzene rings is 2. The Morgan fingerprint density at radius 2 is 1.71 bits per heavy atom. The maximum atomic E-state index is 12.9. The average Bonchev–Trinajstić information content (AvgIpc) is 3.14. The zero-order chi connectivity index (χ0) is 20.3. The van der Waals surface area contributed by atoms with Crippen molar-refractivity contribution in [1.82, 2.24) is 9.47 Å². The Bertz CT molecular complexity index is 1010. The minimum absolute atomic E-state index is 0.0237. The van der Waals surface area contributed by atoms with Gasteiger partial charge >= 0.3 is 0 Å². The number of nitrogens with zero attached hydrogens (tertiary/aromatic N) is 2. The van der Waals surface area contributed by atoms with Crippen molar-refractivity contribution >= 4 is 40.1 Å². The van der Waals surface area contributed by atoms with E-state index in [1.54, 1.807) is 13.1 Å². The third kappa shape index (κ3) is 4.44.